The van der Waals surface area contributed by atoms with Gasteiger partial charge in [-0.25, -0.2) is 14.4 Å². The molecule has 0 aliphatic rings. The molecule has 0 saturated heterocycles. The maximum atomic E-state index is 13.3. The summed E-state index contributed by atoms with van der Waals surface area (Å²) in [6.07, 6.45) is 1.78. The highest BCUT2D eigenvalue weighted by Crippen LogP contribution is 2.33. The highest BCUT2D eigenvalue weighted by Gasteiger charge is 2.27. The van der Waals surface area contributed by atoms with E-state index in [0.717, 1.165) is 78.5 Å². The monoisotopic (exact) mass is 1400 g/mol. The van der Waals surface area contributed by atoms with Gasteiger partial charge in [-0.2, -0.15) is 0 Å². The molecule has 3 amide bonds. The van der Waals surface area contributed by atoms with E-state index in [1.54, 1.807) is 84.0 Å². The summed E-state index contributed by atoms with van der Waals surface area (Å²) in [5.74, 6) is -2.75. The molecule has 0 fully saturated rings. The van der Waals surface area contributed by atoms with Crippen molar-refractivity contribution in [2.24, 2.45) is 0 Å². The van der Waals surface area contributed by atoms with Crippen molar-refractivity contribution < 1.29 is 57.6 Å². The number of alkyl halides is 1. The van der Waals surface area contributed by atoms with Crippen LogP contribution in [0.2, 0.25) is 0 Å². The van der Waals surface area contributed by atoms with Crippen LogP contribution in [-0.2, 0) is 43.0 Å². The zero-order chi connectivity index (χ0) is 72.2. The van der Waals surface area contributed by atoms with Crippen LogP contribution in [-0.4, -0.2) is 82.1 Å². The van der Waals surface area contributed by atoms with E-state index in [1.807, 2.05) is 199 Å². The zero-order valence-electron chi connectivity index (χ0n) is 58.6. The molecule has 16 heteroatoms. The lowest BCUT2D eigenvalue weighted by Gasteiger charge is -2.21. The number of benzene rings is 9. The minimum absolute atomic E-state index is 0.00599. The van der Waals surface area contributed by atoms with E-state index in [-0.39, 0.29) is 48.0 Å². The van der Waals surface area contributed by atoms with Gasteiger partial charge in [0.2, 0.25) is 0 Å². The standard InChI is InChI=1S/C29H31NO5.C27H28BrNO3.C27H29NO4/c1-19-11-12-21(15-16-34-20(2)31)17-25(19)27(32)30-26-18-23(22-9-7-6-8-10-22)13-14-24(26)28(33)35-29(3,4)5;1-18-10-11-19(14-15-28)16-23(18)25(30)29-24-17-21(20-8-6-5-7-9-20)12-13-22(24)26(31)32-27(2,3)4;1-18-10-11-19(14-15-29)16-23(18)25(30)28-24-17-21(20-8-6-5-7-9-20)12-13-22(24)26(31)32-27(2,3)4/h6-14,17-18H,15-16H2,1-5H3,(H,30,32);5-13,16-17H,14-15H2,1-4H3,(H,29,30);5-13,16-17,29H,14-15H2,1-4H3,(H,28,30). The number of aliphatic hydroxyl groups excluding tert-OH is 1. The van der Waals surface area contributed by atoms with Crippen molar-refractivity contribution in [1.29, 1.82) is 0 Å². The van der Waals surface area contributed by atoms with Gasteiger partial charge in [0.25, 0.3) is 17.7 Å². The second kappa shape index (κ2) is 34.8. The summed E-state index contributed by atoms with van der Waals surface area (Å²) >= 11 is 3.45. The van der Waals surface area contributed by atoms with E-state index >= 15 is 0 Å². The average Bonchev–Trinajstić information content (AvgIpc) is 0.817. The molecule has 0 radical (unpaired) electrons. The summed E-state index contributed by atoms with van der Waals surface area (Å²) in [4.78, 5) is 89.4. The molecule has 9 aromatic carbocycles. The van der Waals surface area contributed by atoms with E-state index in [1.165, 1.54) is 6.92 Å². The smallest absolute Gasteiger partial charge is 0.340 e. The Labute approximate surface area is 589 Å². The number of aliphatic hydroxyl groups is 1. The number of nitrogens with one attached hydrogen (secondary N) is 3. The molecular formula is C83H88BrN3O12. The Kier molecular flexibility index (Phi) is 26.7. The van der Waals surface area contributed by atoms with Crippen molar-refractivity contribution in [2.45, 2.75) is 126 Å². The van der Waals surface area contributed by atoms with Crippen LogP contribution in [0.3, 0.4) is 0 Å². The Hall–Kier alpha value is -10.3. The highest BCUT2D eigenvalue weighted by molar-refractivity contribution is 9.09. The number of hydrogen-bond acceptors (Lipinski definition) is 12. The second-order valence-corrected chi connectivity index (χ2v) is 27.5. The highest BCUT2D eigenvalue weighted by atomic mass is 79.9. The molecular weight excluding hydrogens is 1310 g/mol. The number of esters is 4. The number of hydrogen-bond donors (Lipinski definition) is 4. The number of carbonyl (C=O) groups is 7. The minimum Gasteiger partial charge on any atom is -0.466 e. The van der Waals surface area contributed by atoms with Crippen molar-refractivity contribution in [1.82, 2.24) is 0 Å². The van der Waals surface area contributed by atoms with Gasteiger partial charge in [-0.15, -0.1) is 0 Å². The topological polar surface area (TPSA) is 213 Å². The first-order valence-electron chi connectivity index (χ1n) is 32.7. The zero-order valence-corrected chi connectivity index (χ0v) is 60.2. The molecule has 0 heterocycles. The Morgan fingerprint density at radius 2 is 0.657 bits per heavy atom. The van der Waals surface area contributed by atoms with Crippen molar-refractivity contribution in [3.8, 4) is 33.4 Å². The fraction of sp³-hybridized carbons (Fsp3) is 0.265. The average molecular weight is 1400 g/mol. The maximum absolute atomic E-state index is 13.3. The van der Waals surface area contributed by atoms with Gasteiger partial charge < -0.3 is 40.0 Å². The second-order valence-electron chi connectivity index (χ2n) is 26.7. The van der Waals surface area contributed by atoms with E-state index in [0.29, 0.717) is 52.2 Å². The van der Waals surface area contributed by atoms with Crippen molar-refractivity contribution in [3.63, 3.8) is 0 Å². The number of amides is 3. The fourth-order valence-corrected chi connectivity index (χ4v) is 10.7. The number of carbonyl (C=O) groups excluding carboxylic acids is 7. The fourth-order valence-electron chi connectivity index (χ4n) is 10.2. The van der Waals surface area contributed by atoms with Crippen LogP contribution in [0.15, 0.2) is 200 Å². The molecule has 9 aromatic rings. The number of ether oxygens (including phenoxy) is 4. The normalized spacial score (nSPS) is 11.1. The van der Waals surface area contributed by atoms with E-state index in [4.69, 9.17) is 18.9 Å². The van der Waals surface area contributed by atoms with Gasteiger partial charge in [-0.1, -0.05) is 162 Å². The lowest BCUT2D eigenvalue weighted by molar-refractivity contribution is -0.140. The molecule has 0 saturated carbocycles. The van der Waals surface area contributed by atoms with Crippen molar-refractivity contribution in [3.05, 3.63) is 267 Å². The first kappa shape index (κ1) is 76.1. The van der Waals surface area contributed by atoms with Crippen LogP contribution in [0.25, 0.3) is 33.4 Å². The van der Waals surface area contributed by atoms with Crippen molar-refractivity contribution in [2.75, 3.05) is 34.5 Å². The van der Waals surface area contributed by atoms with Gasteiger partial charge >= 0.3 is 23.9 Å². The lowest BCUT2D eigenvalue weighted by Crippen LogP contribution is -2.25. The van der Waals surface area contributed by atoms with Crippen LogP contribution in [0, 0.1) is 20.8 Å². The van der Waals surface area contributed by atoms with Gasteiger partial charge in [-0.3, -0.25) is 19.2 Å². The van der Waals surface area contributed by atoms with Crippen LogP contribution >= 0.6 is 15.9 Å². The van der Waals surface area contributed by atoms with Crippen molar-refractivity contribution >= 4 is 74.6 Å². The summed E-state index contributed by atoms with van der Waals surface area (Å²) < 4.78 is 21.7. The van der Waals surface area contributed by atoms with Gasteiger partial charge in [0.1, 0.15) is 16.8 Å². The van der Waals surface area contributed by atoms with E-state index in [2.05, 4.69) is 31.9 Å². The molecule has 0 spiro atoms. The predicted molar refractivity (Wildman–Crippen MR) is 397 cm³/mol. The molecule has 15 nitrogen and oxygen atoms in total. The predicted octanol–water partition coefficient (Wildman–Crippen LogP) is 18.2. The molecule has 0 unspecified atom stereocenters. The Morgan fingerprint density at radius 3 is 0.929 bits per heavy atom. The van der Waals surface area contributed by atoms with Gasteiger partial charge in [0.05, 0.1) is 40.4 Å². The van der Waals surface area contributed by atoms with Gasteiger partial charge in [0, 0.05) is 42.0 Å². The number of rotatable bonds is 19. The minimum atomic E-state index is -0.677. The van der Waals surface area contributed by atoms with Crippen LogP contribution in [0.5, 0.6) is 0 Å². The summed E-state index contributed by atoms with van der Waals surface area (Å²) in [5, 5.41) is 18.8. The molecule has 4 N–H and O–H groups in total. The maximum Gasteiger partial charge on any atom is 0.340 e. The van der Waals surface area contributed by atoms with Gasteiger partial charge in [0.15, 0.2) is 0 Å². The van der Waals surface area contributed by atoms with E-state index < -0.39 is 34.7 Å². The number of anilines is 3. The molecule has 0 aliphatic carbocycles. The lowest BCUT2D eigenvalue weighted by atomic mass is 10.0. The first-order chi connectivity index (χ1) is 46.9. The van der Waals surface area contributed by atoms with E-state index in [9.17, 15) is 38.7 Å². The Morgan fingerprint density at radius 1 is 0.364 bits per heavy atom. The molecule has 0 bridgehead atoms. The molecule has 0 aliphatic heterocycles. The quantitative estimate of drug-likeness (QED) is 0.0338. The van der Waals surface area contributed by atoms with Gasteiger partial charge in [-0.05, 0) is 217 Å². The summed E-state index contributed by atoms with van der Waals surface area (Å²) in [5.41, 5.74) is 12.5. The molecule has 9 rings (SSSR count). The Bertz CT molecular complexity index is 4160. The summed E-state index contributed by atoms with van der Waals surface area (Å²) in [6.45, 7) is 23.5. The van der Waals surface area contributed by atoms with Crippen LogP contribution in [0.4, 0.5) is 17.1 Å². The first-order valence-corrected chi connectivity index (χ1v) is 33.8. The number of aryl methyl sites for hydroxylation is 4. The van der Waals surface area contributed by atoms with Crippen LogP contribution < -0.4 is 16.0 Å². The van der Waals surface area contributed by atoms with Crippen LogP contribution in [0.1, 0.15) is 165 Å². The molecule has 99 heavy (non-hydrogen) atoms. The summed E-state index contributed by atoms with van der Waals surface area (Å²) in [7, 11) is 0. The molecule has 0 atom stereocenters. The third-order valence-electron chi connectivity index (χ3n) is 15.1. The SMILES string of the molecule is CC(=O)OCCc1ccc(C)c(C(=O)Nc2cc(-c3ccccc3)ccc2C(=O)OC(C)(C)C)c1.Cc1ccc(CCBr)cc1C(=O)Nc1cc(-c2ccccc2)ccc1C(=O)OC(C)(C)C.Cc1ccc(CCO)cc1C(=O)Nc1cc(-c2ccccc2)ccc1C(=O)OC(C)(C)C. The summed E-state index contributed by atoms with van der Waals surface area (Å²) in [6, 6.07) is 62.2. The third kappa shape index (κ3) is 23.2. The molecule has 514 valence electrons. The Balaban J connectivity index is 0.000000209. The largest absolute Gasteiger partial charge is 0.466 e. The third-order valence-corrected chi connectivity index (χ3v) is 15.5. The molecule has 0 aromatic heterocycles. The number of halogens is 1.